The van der Waals surface area contributed by atoms with Crippen molar-refractivity contribution in [2.24, 2.45) is 0 Å². The van der Waals surface area contributed by atoms with Gasteiger partial charge in [-0.1, -0.05) is 0 Å². The van der Waals surface area contributed by atoms with Crippen LogP contribution < -0.4 is 10.2 Å². The lowest BCUT2D eigenvalue weighted by atomic mass is 10.2. The molecule has 1 atom stereocenters. The topological polar surface area (TPSA) is 28.2 Å². The largest absolute Gasteiger partial charge is 0.372 e. The molecule has 1 saturated heterocycles. The molecule has 3 nitrogen and oxygen atoms in total. The summed E-state index contributed by atoms with van der Waals surface area (Å²) in [6.07, 6.45) is 6.33. The van der Waals surface area contributed by atoms with Crippen molar-refractivity contribution >= 4 is 5.69 Å². The van der Waals surface area contributed by atoms with Crippen LogP contribution in [0.3, 0.4) is 0 Å². The van der Waals surface area contributed by atoms with Gasteiger partial charge in [0.05, 0.1) is 11.9 Å². The molecule has 0 amide bonds. The third-order valence-electron chi connectivity index (χ3n) is 2.74. The summed E-state index contributed by atoms with van der Waals surface area (Å²) < 4.78 is 0. The summed E-state index contributed by atoms with van der Waals surface area (Å²) in [6, 6.07) is 4.73. The van der Waals surface area contributed by atoms with Crippen molar-refractivity contribution in [2.45, 2.75) is 18.9 Å². The van der Waals surface area contributed by atoms with E-state index >= 15 is 0 Å². The van der Waals surface area contributed by atoms with Crippen LogP contribution >= 0.6 is 0 Å². The van der Waals surface area contributed by atoms with Crippen molar-refractivity contribution in [1.29, 1.82) is 0 Å². The first-order valence-corrected chi connectivity index (χ1v) is 5.21. The summed E-state index contributed by atoms with van der Waals surface area (Å²) in [5.41, 5.74) is 1.20. The van der Waals surface area contributed by atoms with Gasteiger partial charge in [0.1, 0.15) is 0 Å². The first kappa shape index (κ1) is 9.46. The van der Waals surface area contributed by atoms with Gasteiger partial charge in [0, 0.05) is 25.8 Å². The van der Waals surface area contributed by atoms with E-state index in [0.717, 1.165) is 6.54 Å². The lowest BCUT2D eigenvalue weighted by molar-refractivity contribution is 0.599. The number of nitrogens with zero attached hydrogens (tertiary/aromatic N) is 2. The lowest BCUT2D eigenvalue weighted by Gasteiger charge is -2.22. The van der Waals surface area contributed by atoms with Gasteiger partial charge in [-0.05, 0) is 31.5 Å². The van der Waals surface area contributed by atoms with E-state index < -0.39 is 0 Å². The van der Waals surface area contributed by atoms with Crippen LogP contribution in [0.25, 0.3) is 0 Å². The second-order valence-corrected chi connectivity index (χ2v) is 3.89. The molecular weight excluding hydrogens is 174 g/mol. The van der Waals surface area contributed by atoms with Gasteiger partial charge >= 0.3 is 0 Å². The monoisotopic (exact) mass is 191 g/mol. The molecule has 2 heterocycles. The highest BCUT2D eigenvalue weighted by Gasteiger charge is 2.15. The number of aromatic nitrogens is 1. The summed E-state index contributed by atoms with van der Waals surface area (Å²) in [5.74, 6) is 0. The molecule has 2 rings (SSSR count). The van der Waals surface area contributed by atoms with E-state index in [2.05, 4.69) is 28.3 Å². The average molecular weight is 191 g/mol. The van der Waals surface area contributed by atoms with E-state index in [4.69, 9.17) is 0 Å². The molecule has 0 saturated carbocycles. The lowest BCUT2D eigenvalue weighted by Crippen LogP contribution is -2.35. The number of pyridine rings is 1. The average Bonchev–Trinajstić information content (AvgIpc) is 2.72. The predicted molar refractivity (Wildman–Crippen MR) is 58.5 cm³/mol. The fourth-order valence-electron chi connectivity index (χ4n) is 1.93. The zero-order valence-corrected chi connectivity index (χ0v) is 8.61. The maximum absolute atomic E-state index is 4.12. The van der Waals surface area contributed by atoms with Gasteiger partial charge in [0.15, 0.2) is 0 Å². The van der Waals surface area contributed by atoms with Gasteiger partial charge in [-0.15, -0.1) is 0 Å². The Balaban J connectivity index is 1.92. The molecule has 0 unspecified atom stereocenters. The van der Waals surface area contributed by atoms with Crippen molar-refractivity contribution in [3.8, 4) is 0 Å². The van der Waals surface area contributed by atoms with Gasteiger partial charge < -0.3 is 10.2 Å². The standard InChI is InChI=1S/C11H17N3/c1-14(9-10-4-2-7-13-10)11-5-3-6-12-8-11/h3,5-6,8,10,13H,2,4,7,9H2,1H3/t10-/m1/s1. The molecule has 0 aromatic carbocycles. The molecule has 76 valence electrons. The van der Waals surface area contributed by atoms with Crippen molar-refractivity contribution in [3.63, 3.8) is 0 Å². The first-order chi connectivity index (χ1) is 6.86. The number of hydrogen-bond donors (Lipinski definition) is 1. The Morgan fingerprint density at radius 1 is 1.64 bits per heavy atom. The summed E-state index contributed by atoms with van der Waals surface area (Å²) in [4.78, 5) is 6.38. The minimum Gasteiger partial charge on any atom is -0.372 e. The summed E-state index contributed by atoms with van der Waals surface area (Å²) >= 11 is 0. The third kappa shape index (κ3) is 2.23. The molecule has 0 bridgehead atoms. The smallest absolute Gasteiger partial charge is 0.0550 e. The number of nitrogens with one attached hydrogen (secondary N) is 1. The van der Waals surface area contributed by atoms with Crippen molar-refractivity contribution in [2.75, 3.05) is 25.0 Å². The molecule has 1 aliphatic rings. The van der Waals surface area contributed by atoms with E-state index in [-0.39, 0.29) is 0 Å². The number of likely N-dealkylation sites (N-methyl/N-ethyl adjacent to an activating group) is 1. The van der Waals surface area contributed by atoms with Gasteiger partial charge in [-0.25, -0.2) is 0 Å². The Hall–Kier alpha value is -1.09. The molecule has 0 spiro atoms. The molecule has 1 fully saturated rings. The van der Waals surface area contributed by atoms with Gasteiger partial charge in [-0.3, -0.25) is 4.98 Å². The SMILES string of the molecule is CN(C[C@H]1CCCN1)c1cccnc1. The molecule has 1 aromatic rings. The van der Waals surface area contributed by atoms with E-state index in [1.807, 2.05) is 18.5 Å². The molecular formula is C11H17N3. The molecule has 1 N–H and O–H groups in total. The Morgan fingerprint density at radius 3 is 3.21 bits per heavy atom. The zero-order valence-electron chi connectivity index (χ0n) is 8.61. The number of hydrogen-bond acceptors (Lipinski definition) is 3. The summed E-state index contributed by atoms with van der Waals surface area (Å²) in [7, 11) is 2.12. The highest BCUT2D eigenvalue weighted by Crippen LogP contribution is 2.12. The zero-order chi connectivity index (χ0) is 9.80. The summed E-state index contributed by atoms with van der Waals surface area (Å²) in [6.45, 7) is 2.25. The predicted octanol–water partition coefficient (Wildman–Crippen LogP) is 1.27. The number of rotatable bonds is 3. The van der Waals surface area contributed by atoms with Gasteiger partial charge in [-0.2, -0.15) is 0 Å². The minimum atomic E-state index is 0.653. The molecule has 14 heavy (non-hydrogen) atoms. The van der Waals surface area contributed by atoms with Crippen molar-refractivity contribution < 1.29 is 0 Å². The van der Waals surface area contributed by atoms with Crippen LogP contribution in [-0.2, 0) is 0 Å². The van der Waals surface area contributed by atoms with Crippen LogP contribution in [0.15, 0.2) is 24.5 Å². The number of anilines is 1. The van der Waals surface area contributed by atoms with E-state index in [9.17, 15) is 0 Å². The Bertz CT molecular complexity index is 267. The minimum absolute atomic E-state index is 0.653. The Kier molecular flexibility index (Phi) is 2.99. The maximum atomic E-state index is 4.12. The van der Waals surface area contributed by atoms with Crippen molar-refractivity contribution in [1.82, 2.24) is 10.3 Å². The van der Waals surface area contributed by atoms with Crippen LogP contribution in [0.1, 0.15) is 12.8 Å². The van der Waals surface area contributed by atoms with E-state index in [1.54, 1.807) is 0 Å². The maximum Gasteiger partial charge on any atom is 0.0550 e. The third-order valence-corrected chi connectivity index (χ3v) is 2.74. The normalized spacial score (nSPS) is 21.1. The first-order valence-electron chi connectivity index (χ1n) is 5.21. The second kappa shape index (κ2) is 4.42. The van der Waals surface area contributed by atoms with Gasteiger partial charge in [0.2, 0.25) is 0 Å². The second-order valence-electron chi connectivity index (χ2n) is 3.89. The molecule has 0 aliphatic carbocycles. The molecule has 1 aromatic heterocycles. The quantitative estimate of drug-likeness (QED) is 0.780. The van der Waals surface area contributed by atoms with Crippen LogP contribution in [0.4, 0.5) is 5.69 Å². The van der Waals surface area contributed by atoms with Crippen LogP contribution in [0.2, 0.25) is 0 Å². The fraction of sp³-hybridized carbons (Fsp3) is 0.545. The highest BCUT2D eigenvalue weighted by molar-refractivity contribution is 5.42. The van der Waals surface area contributed by atoms with Crippen LogP contribution in [0, 0.1) is 0 Å². The van der Waals surface area contributed by atoms with Crippen molar-refractivity contribution in [3.05, 3.63) is 24.5 Å². The van der Waals surface area contributed by atoms with Crippen LogP contribution in [0.5, 0.6) is 0 Å². The summed E-state index contributed by atoms with van der Waals surface area (Å²) in [5, 5.41) is 3.50. The molecule has 1 aliphatic heterocycles. The van der Waals surface area contributed by atoms with Crippen LogP contribution in [-0.4, -0.2) is 31.2 Å². The fourth-order valence-corrected chi connectivity index (χ4v) is 1.93. The Labute approximate surface area is 85.1 Å². The Morgan fingerprint density at radius 2 is 2.57 bits per heavy atom. The highest BCUT2D eigenvalue weighted by atomic mass is 15.1. The molecule has 0 radical (unpaired) electrons. The van der Waals surface area contributed by atoms with E-state index in [0.29, 0.717) is 6.04 Å². The van der Waals surface area contributed by atoms with Gasteiger partial charge in [0.25, 0.3) is 0 Å². The van der Waals surface area contributed by atoms with E-state index in [1.165, 1.54) is 25.1 Å². The molecule has 3 heteroatoms.